The molecule has 10 nitrogen and oxygen atoms in total. The minimum absolute atomic E-state index is 0.160. The minimum atomic E-state index is -1.43. The van der Waals surface area contributed by atoms with Crippen LogP contribution in [0.25, 0.3) is 0 Å². The van der Waals surface area contributed by atoms with Crippen molar-refractivity contribution in [3.63, 3.8) is 0 Å². The van der Waals surface area contributed by atoms with Crippen molar-refractivity contribution in [3.05, 3.63) is 35.6 Å². The summed E-state index contributed by atoms with van der Waals surface area (Å²) in [6.07, 6.45) is 1.40. The summed E-state index contributed by atoms with van der Waals surface area (Å²) < 4.78 is 12.8. The number of carboxylic acids is 3. The average molecular weight is 441 g/mol. The molecule has 1 rings (SSSR count). The van der Waals surface area contributed by atoms with Gasteiger partial charge in [0.05, 0.1) is 0 Å². The second-order valence-corrected chi connectivity index (χ2v) is 6.98. The van der Waals surface area contributed by atoms with Crippen molar-refractivity contribution < 1.29 is 38.9 Å². The van der Waals surface area contributed by atoms with Crippen LogP contribution in [0.2, 0.25) is 0 Å². The second-order valence-electron chi connectivity index (χ2n) is 6.98. The van der Waals surface area contributed by atoms with Crippen LogP contribution < -0.4 is 16.0 Å². The van der Waals surface area contributed by atoms with Crippen molar-refractivity contribution in [3.8, 4) is 0 Å². The number of hydrogen-bond donors (Lipinski definition) is 6. The predicted octanol–water partition coefficient (Wildman–Crippen LogP) is 1.55. The van der Waals surface area contributed by atoms with Crippen molar-refractivity contribution in [2.24, 2.45) is 0 Å². The molecule has 2 amide bonds. The number of amides is 2. The molecule has 0 radical (unpaired) electrons. The van der Waals surface area contributed by atoms with Crippen molar-refractivity contribution >= 4 is 23.9 Å². The molecule has 0 aromatic heterocycles. The first-order valence-corrected chi connectivity index (χ1v) is 9.88. The molecule has 0 aliphatic carbocycles. The van der Waals surface area contributed by atoms with E-state index in [0.717, 1.165) is 12.0 Å². The summed E-state index contributed by atoms with van der Waals surface area (Å²) >= 11 is 0. The van der Waals surface area contributed by atoms with Gasteiger partial charge in [0.1, 0.15) is 17.9 Å². The van der Waals surface area contributed by atoms with Gasteiger partial charge in [-0.05, 0) is 43.5 Å². The van der Waals surface area contributed by atoms with Gasteiger partial charge in [-0.3, -0.25) is 4.79 Å². The van der Waals surface area contributed by atoms with Gasteiger partial charge in [0, 0.05) is 13.0 Å². The van der Waals surface area contributed by atoms with Gasteiger partial charge in [-0.15, -0.1) is 0 Å². The molecule has 0 aliphatic heterocycles. The van der Waals surface area contributed by atoms with Crippen LogP contribution in [0.3, 0.4) is 0 Å². The molecule has 0 saturated heterocycles. The van der Waals surface area contributed by atoms with Gasteiger partial charge in [0.15, 0.2) is 0 Å². The number of nitrogens with one attached hydrogen (secondary N) is 3. The minimum Gasteiger partial charge on any atom is -0.481 e. The molecule has 2 atom stereocenters. The van der Waals surface area contributed by atoms with Crippen LogP contribution in [0.4, 0.5) is 9.18 Å². The number of unbranched alkanes of at least 4 members (excludes halogenated alkanes) is 2. The third kappa shape index (κ3) is 11.5. The normalized spacial score (nSPS) is 12.5. The highest BCUT2D eigenvalue weighted by atomic mass is 19.1. The van der Waals surface area contributed by atoms with Crippen LogP contribution >= 0.6 is 0 Å². The SMILES string of the molecule is O=C(O)CC[C@H](NC(=O)N[C@@H](CCCCCNCc1ccc(F)cc1)C(=O)O)C(=O)O. The fraction of sp³-hybridized carbons (Fsp3) is 0.500. The Labute approximate surface area is 178 Å². The second kappa shape index (κ2) is 13.9. The predicted molar refractivity (Wildman–Crippen MR) is 108 cm³/mol. The zero-order valence-corrected chi connectivity index (χ0v) is 17.0. The summed E-state index contributed by atoms with van der Waals surface area (Å²) in [7, 11) is 0. The molecule has 1 aromatic rings. The Kier molecular flexibility index (Phi) is 11.6. The van der Waals surface area contributed by atoms with E-state index in [-0.39, 0.29) is 18.7 Å². The molecule has 0 unspecified atom stereocenters. The highest BCUT2D eigenvalue weighted by Gasteiger charge is 2.24. The molecule has 0 aliphatic rings. The maximum absolute atomic E-state index is 12.8. The van der Waals surface area contributed by atoms with E-state index in [1.165, 1.54) is 12.1 Å². The van der Waals surface area contributed by atoms with E-state index in [0.29, 0.717) is 25.9 Å². The maximum Gasteiger partial charge on any atom is 0.326 e. The molecule has 11 heteroatoms. The topological polar surface area (TPSA) is 165 Å². The summed E-state index contributed by atoms with van der Waals surface area (Å²) in [5.41, 5.74) is 0.950. The lowest BCUT2D eigenvalue weighted by molar-refractivity contribution is -0.140. The van der Waals surface area contributed by atoms with Crippen molar-refractivity contribution in [1.29, 1.82) is 0 Å². The van der Waals surface area contributed by atoms with Crippen LogP contribution in [0, 0.1) is 5.82 Å². The molecule has 0 saturated carbocycles. The number of rotatable bonds is 15. The van der Waals surface area contributed by atoms with Crippen LogP contribution in [0.15, 0.2) is 24.3 Å². The Bertz CT molecular complexity index is 743. The third-order valence-corrected chi connectivity index (χ3v) is 4.44. The standard InChI is InChI=1S/C20H28FN3O7/c21-14-7-5-13(6-8-14)12-22-11-3-1-2-4-15(18(27)28)23-20(31)24-16(19(29)30)9-10-17(25)26/h5-8,15-16,22H,1-4,9-12H2,(H,25,26)(H,27,28)(H,29,30)(H2,23,24,31)/t15-,16-/m0/s1. The lowest BCUT2D eigenvalue weighted by Gasteiger charge is -2.18. The Balaban J connectivity index is 2.29. The summed E-state index contributed by atoms with van der Waals surface area (Å²) in [6.45, 7) is 1.28. The van der Waals surface area contributed by atoms with E-state index in [1.807, 2.05) is 0 Å². The Morgan fingerprint density at radius 1 is 0.839 bits per heavy atom. The summed E-state index contributed by atoms with van der Waals surface area (Å²) in [5.74, 6) is -4.15. The van der Waals surface area contributed by atoms with Crippen LogP contribution in [-0.2, 0) is 20.9 Å². The van der Waals surface area contributed by atoms with E-state index in [1.54, 1.807) is 12.1 Å². The number of carboxylic acid groups (broad SMARTS) is 3. The number of hydrogen-bond acceptors (Lipinski definition) is 5. The Morgan fingerprint density at radius 2 is 1.42 bits per heavy atom. The van der Waals surface area contributed by atoms with Gasteiger partial charge < -0.3 is 31.3 Å². The van der Waals surface area contributed by atoms with Gasteiger partial charge >= 0.3 is 23.9 Å². The fourth-order valence-electron chi connectivity index (χ4n) is 2.75. The fourth-order valence-corrected chi connectivity index (χ4v) is 2.75. The van der Waals surface area contributed by atoms with Crippen molar-refractivity contribution in [2.75, 3.05) is 6.54 Å². The number of urea groups is 1. The lowest BCUT2D eigenvalue weighted by Crippen LogP contribution is -2.51. The van der Waals surface area contributed by atoms with Crippen molar-refractivity contribution in [1.82, 2.24) is 16.0 Å². The third-order valence-electron chi connectivity index (χ3n) is 4.44. The molecule has 0 heterocycles. The number of carbonyl (C=O) groups is 4. The van der Waals surface area contributed by atoms with Gasteiger partial charge in [0.25, 0.3) is 0 Å². The highest BCUT2D eigenvalue weighted by Crippen LogP contribution is 2.06. The quantitative estimate of drug-likeness (QED) is 0.223. The van der Waals surface area contributed by atoms with E-state index in [9.17, 15) is 28.7 Å². The maximum atomic E-state index is 12.8. The summed E-state index contributed by atoms with van der Waals surface area (Å²) in [5, 5.41) is 34.4. The first-order valence-electron chi connectivity index (χ1n) is 9.88. The Hall–Kier alpha value is -3.21. The molecule has 172 valence electrons. The molecule has 31 heavy (non-hydrogen) atoms. The number of carbonyl (C=O) groups excluding carboxylic acids is 1. The molecule has 6 N–H and O–H groups in total. The van der Waals surface area contributed by atoms with Gasteiger partial charge in [-0.25, -0.2) is 18.8 Å². The Morgan fingerprint density at radius 3 is 1.97 bits per heavy atom. The van der Waals surface area contributed by atoms with Gasteiger partial charge in [-0.2, -0.15) is 0 Å². The summed E-state index contributed by atoms with van der Waals surface area (Å²) in [4.78, 5) is 44.9. The summed E-state index contributed by atoms with van der Waals surface area (Å²) in [6, 6.07) is 2.54. The van der Waals surface area contributed by atoms with E-state index in [4.69, 9.17) is 10.2 Å². The zero-order chi connectivity index (χ0) is 23.2. The lowest BCUT2D eigenvalue weighted by atomic mass is 10.1. The molecule has 0 bridgehead atoms. The largest absolute Gasteiger partial charge is 0.481 e. The van der Waals surface area contributed by atoms with Gasteiger partial charge in [0.2, 0.25) is 0 Å². The van der Waals surface area contributed by atoms with Crippen LogP contribution in [0.1, 0.15) is 44.1 Å². The van der Waals surface area contributed by atoms with E-state index >= 15 is 0 Å². The smallest absolute Gasteiger partial charge is 0.326 e. The number of benzene rings is 1. The first kappa shape index (κ1) is 25.8. The molecule has 0 fully saturated rings. The highest BCUT2D eigenvalue weighted by molar-refractivity contribution is 5.86. The van der Waals surface area contributed by atoms with E-state index in [2.05, 4.69) is 16.0 Å². The monoisotopic (exact) mass is 441 g/mol. The number of halogens is 1. The van der Waals surface area contributed by atoms with Crippen molar-refractivity contribution in [2.45, 2.75) is 57.2 Å². The zero-order valence-electron chi connectivity index (χ0n) is 17.0. The molecule has 1 aromatic carbocycles. The van der Waals surface area contributed by atoms with Crippen LogP contribution in [0.5, 0.6) is 0 Å². The van der Waals surface area contributed by atoms with Crippen LogP contribution in [-0.4, -0.2) is 57.9 Å². The molecular formula is C20H28FN3O7. The first-order chi connectivity index (χ1) is 14.7. The van der Waals surface area contributed by atoms with E-state index < -0.39 is 42.4 Å². The van der Waals surface area contributed by atoms with Gasteiger partial charge in [-0.1, -0.05) is 25.0 Å². The molecular weight excluding hydrogens is 413 g/mol. The number of aliphatic carboxylic acids is 3. The average Bonchev–Trinajstić information content (AvgIpc) is 2.70. The molecule has 0 spiro atoms.